The molecule has 0 aliphatic heterocycles. The molecule has 318 valence electrons. The SMILES string of the molecule is COc1ccc(CCN(CCc2ccc(OC)c(OC)c2)C(=O)c2ccnc(C(=O)N(CCc3ccc(OC)c(OC)c3)CCc3ccc(OC)c(OC)c3)c2)cc1OC. The van der Waals surface area contributed by atoms with Crippen LogP contribution in [0.3, 0.4) is 0 Å². The molecule has 0 bridgehead atoms. The van der Waals surface area contributed by atoms with E-state index in [2.05, 4.69) is 4.98 Å². The van der Waals surface area contributed by atoms with E-state index in [0.717, 1.165) is 22.3 Å². The van der Waals surface area contributed by atoms with Crippen molar-refractivity contribution in [1.82, 2.24) is 14.8 Å². The predicted octanol–water partition coefficient (Wildman–Crippen LogP) is 7.01. The maximum absolute atomic E-state index is 14.5. The Morgan fingerprint density at radius 3 is 1.00 bits per heavy atom. The summed E-state index contributed by atoms with van der Waals surface area (Å²) in [7, 11) is 12.7. The summed E-state index contributed by atoms with van der Waals surface area (Å²) in [6.45, 7) is 1.56. The van der Waals surface area contributed by atoms with Crippen LogP contribution in [0.5, 0.6) is 46.0 Å². The Kier molecular flexibility index (Phi) is 16.3. The van der Waals surface area contributed by atoms with Gasteiger partial charge < -0.3 is 47.7 Å². The van der Waals surface area contributed by atoms with Crippen LogP contribution in [0.4, 0.5) is 0 Å². The van der Waals surface area contributed by atoms with Gasteiger partial charge in [-0.05, 0) is 109 Å². The highest BCUT2D eigenvalue weighted by Crippen LogP contribution is 2.31. The molecule has 0 saturated carbocycles. The number of pyridine rings is 1. The quantitative estimate of drug-likeness (QED) is 0.0716. The van der Waals surface area contributed by atoms with Gasteiger partial charge in [-0.15, -0.1) is 0 Å². The maximum Gasteiger partial charge on any atom is 0.272 e. The molecule has 4 aromatic carbocycles. The third-order valence-corrected chi connectivity index (χ3v) is 10.3. The molecule has 0 saturated heterocycles. The number of carbonyl (C=O) groups is 2. The largest absolute Gasteiger partial charge is 0.493 e. The number of nitrogens with zero attached hydrogens (tertiary/aromatic N) is 3. The molecule has 5 rings (SSSR count). The Morgan fingerprint density at radius 2 is 0.700 bits per heavy atom. The van der Waals surface area contributed by atoms with Crippen molar-refractivity contribution in [2.75, 3.05) is 83.1 Å². The van der Waals surface area contributed by atoms with Crippen molar-refractivity contribution in [3.05, 3.63) is 125 Å². The minimum atomic E-state index is -0.298. The topological polar surface area (TPSA) is 127 Å². The summed E-state index contributed by atoms with van der Waals surface area (Å²) in [6, 6.07) is 26.1. The zero-order valence-corrected chi connectivity index (χ0v) is 35.7. The first kappa shape index (κ1) is 44.5. The van der Waals surface area contributed by atoms with Crippen molar-refractivity contribution in [3.63, 3.8) is 0 Å². The van der Waals surface area contributed by atoms with E-state index in [4.69, 9.17) is 37.9 Å². The maximum atomic E-state index is 14.5. The van der Waals surface area contributed by atoms with E-state index in [1.807, 2.05) is 72.8 Å². The summed E-state index contributed by atoms with van der Waals surface area (Å²) in [5.41, 5.74) is 4.40. The average Bonchev–Trinajstić information content (AvgIpc) is 3.30. The highest BCUT2D eigenvalue weighted by molar-refractivity contribution is 5.98. The number of hydrogen-bond donors (Lipinski definition) is 0. The lowest BCUT2D eigenvalue weighted by atomic mass is 10.1. The number of hydrogen-bond acceptors (Lipinski definition) is 11. The second-order valence-electron chi connectivity index (χ2n) is 13.8. The Morgan fingerprint density at radius 1 is 0.400 bits per heavy atom. The monoisotopic (exact) mass is 821 g/mol. The van der Waals surface area contributed by atoms with Crippen LogP contribution < -0.4 is 37.9 Å². The van der Waals surface area contributed by atoms with Gasteiger partial charge in [0.1, 0.15) is 5.69 Å². The molecule has 60 heavy (non-hydrogen) atoms. The number of aromatic nitrogens is 1. The number of methoxy groups -OCH3 is 8. The average molecular weight is 822 g/mol. The van der Waals surface area contributed by atoms with Crippen LogP contribution in [0.25, 0.3) is 0 Å². The third-order valence-electron chi connectivity index (χ3n) is 10.3. The summed E-state index contributed by atoms with van der Waals surface area (Å²) in [6.07, 6.45) is 3.69. The van der Waals surface area contributed by atoms with Gasteiger partial charge in [-0.2, -0.15) is 0 Å². The molecule has 0 unspecified atom stereocenters. The van der Waals surface area contributed by atoms with Gasteiger partial charge >= 0.3 is 0 Å². The highest BCUT2D eigenvalue weighted by Gasteiger charge is 2.23. The molecule has 0 N–H and O–H groups in total. The number of ether oxygens (including phenoxy) is 8. The van der Waals surface area contributed by atoms with Gasteiger partial charge in [0.15, 0.2) is 46.0 Å². The predicted molar refractivity (Wildman–Crippen MR) is 229 cm³/mol. The van der Waals surface area contributed by atoms with E-state index >= 15 is 0 Å². The van der Waals surface area contributed by atoms with E-state index in [-0.39, 0.29) is 17.5 Å². The fraction of sp³-hybridized carbons (Fsp3) is 0.340. The van der Waals surface area contributed by atoms with E-state index in [1.54, 1.807) is 78.8 Å². The van der Waals surface area contributed by atoms with Crippen LogP contribution in [0.1, 0.15) is 43.1 Å². The molecule has 0 atom stereocenters. The minimum Gasteiger partial charge on any atom is -0.493 e. The van der Waals surface area contributed by atoms with Gasteiger partial charge in [-0.1, -0.05) is 24.3 Å². The zero-order valence-electron chi connectivity index (χ0n) is 35.7. The van der Waals surface area contributed by atoms with Crippen LogP contribution in [0.2, 0.25) is 0 Å². The molecule has 2 amide bonds. The number of carbonyl (C=O) groups excluding carboxylic acids is 2. The zero-order chi connectivity index (χ0) is 43.0. The normalized spacial score (nSPS) is 10.7. The van der Waals surface area contributed by atoms with Crippen LogP contribution in [0.15, 0.2) is 91.1 Å². The second kappa shape index (κ2) is 21.9. The summed E-state index contributed by atoms with van der Waals surface area (Å²) in [4.78, 5) is 36.9. The molecule has 0 fully saturated rings. The first-order chi connectivity index (χ1) is 29.2. The fourth-order valence-electron chi connectivity index (χ4n) is 6.86. The lowest BCUT2D eigenvalue weighted by Gasteiger charge is -2.25. The molecule has 0 radical (unpaired) electrons. The van der Waals surface area contributed by atoms with Crippen LogP contribution in [0, 0.1) is 0 Å². The fourth-order valence-corrected chi connectivity index (χ4v) is 6.86. The second-order valence-corrected chi connectivity index (χ2v) is 13.8. The highest BCUT2D eigenvalue weighted by atomic mass is 16.5. The Bertz CT molecular complexity index is 1940. The summed E-state index contributed by atoms with van der Waals surface area (Å²) < 4.78 is 43.8. The number of rotatable bonds is 22. The Balaban J connectivity index is 1.41. The van der Waals surface area contributed by atoms with Crippen molar-refractivity contribution in [2.24, 2.45) is 0 Å². The molecule has 1 heterocycles. The van der Waals surface area contributed by atoms with Gasteiger partial charge in [-0.25, -0.2) is 0 Å². The minimum absolute atomic E-state index is 0.167. The van der Waals surface area contributed by atoms with Crippen molar-refractivity contribution in [2.45, 2.75) is 25.7 Å². The molecule has 0 spiro atoms. The summed E-state index contributed by atoms with van der Waals surface area (Å²) >= 11 is 0. The third kappa shape index (κ3) is 11.3. The standard InChI is InChI=1S/C47H55N3O10/c1-53-38-13-9-32(27-42(38)57-5)18-23-49(24-19-33-10-14-39(54-2)43(28-33)58-6)46(51)36-17-22-48-37(31-36)47(52)50(25-20-34-11-15-40(55-3)44(29-34)59-7)26-21-35-12-16-41(56-4)45(30-35)60-8/h9-17,22,27-31H,18-21,23-26H2,1-8H3. The van der Waals surface area contributed by atoms with Crippen molar-refractivity contribution in [1.29, 1.82) is 0 Å². The molecular weight excluding hydrogens is 767 g/mol. The molecule has 13 heteroatoms. The molecule has 1 aromatic heterocycles. The Hall–Kier alpha value is -6.63. The van der Waals surface area contributed by atoms with Gasteiger partial charge in [-0.3, -0.25) is 14.6 Å². The van der Waals surface area contributed by atoms with E-state index in [9.17, 15) is 9.59 Å². The summed E-state index contributed by atoms with van der Waals surface area (Å²) in [5, 5.41) is 0. The van der Waals surface area contributed by atoms with Gasteiger partial charge in [0.25, 0.3) is 11.8 Å². The lowest BCUT2D eigenvalue weighted by molar-refractivity contribution is 0.0752. The van der Waals surface area contributed by atoms with Crippen LogP contribution in [-0.2, 0) is 25.7 Å². The number of amides is 2. The van der Waals surface area contributed by atoms with Crippen LogP contribution >= 0.6 is 0 Å². The van der Waals surface area contributed by atoms with E-state index in [1.165, 1.54) is 6.20 Å². The first-order valence-electron chi connectivity index (χ1n) is 19.6. The summed E-state index contributed by atoms with van der Waals surface area (Å²) in [5.74, 6) is 4.39. The van der Waals surface area contributed by atoms with E-state index < -0.39 is 0 Å². The molecule has 13 nitrogen and oxygen atoms in total. The van der Waals surface area contributed by atoms with E-state index in [0.29, 0.717) is 103 Å². The first-order valence-corrected chi connectivity index (χ1v) is 19.6. The lowest BCUT2D eigenvalue weighted by Crippen LogP contribution is -2.36. The molecular formula is C47H55N3O10. The Labute approximate surface area is 352 Å². The molecule has 0 aliphatic carbocycles. The molecule has 0 aliphatic rings. The smallest absolute Gasteiger partial charge is 0.272 e. The van der Waals surface area contributed by atoms with Gasteiger partial charge in [0.2, 0.25) is 0 Å². The molecule has 5 aromatic rings. The van der Waals surface area contributed by atoms with Gasteiger partial charge in [0.05, 0.1) is 56.9 Å². The number of benzene rings is 4. The van der Waals surface area contributed by atoms with Crippen molar-refractivity contribution >= 4 is 11.8 Å². The van der Waals surface area contributed by atoms with Gasteiger partial charge in [0, 0.05) is 37.9 Å². The van der Waals surface area contributed by atoms with Crippen molar-refractivity contribution < 1.29 is 47.5 Å². The van der Waals surface area contributed by atoms with Crippen molar-refractivity contribution in [3.8, 4) is 46.0 Å². The van der Waals surface area contributed by atoms with Crippen LogP contribution in [-0.4, -0.2) is 110 Å².